The summed E-state index contributed by atoms with van der Waals surface area (Å²) in [6, 6.07) is 11.8. The van der Waals surface area contributed by atoms with Gasteiger partial charge in [-0.05, 0) is 37.6 Å². The fourth-order valence-corrected chi connectivity index (χ4v) is 3.39. The van der Waals surface area contributed by atoms with Gasteiger partial charge in [-0.1, -0.05) is 23.8 Å². The first-order chi connectivity index (χ1) is 11.1. The van der Waals surface area contributed by atoms with Crippen molar-refractivity contribution < 1.29 is 14.3 Å². The molecular formula is C19H20O3S. The summed E-state index contributed by atoms with van der Waals surface area (Å²) in [6.07, 6.45) is 0.891. The van der Waals surface area contributed by atoms with Gasteiger partial charge in [0, 0.05) is 16.9 Å². The molecule has 0 bridgehead atoms. The second-order valence-corrected chi connectivity index (χ2v) is 6.74. The number of ketones is 1. The van der Waals surface area contributed by atoms with Crippen LogP contribution in [0.15, 0.2) is 41.3 Å². The summed E-state index contributed by atoms with van der Waals surface area (Å²) in [6.45, 7) is 5.37. The molecule has 0 aliphatic carbocycles. The van der Waals surface area contributed by atoms with Crippen LogP contribution in [0, 0.1) is 13.8 Å². The quantitative estimate of drug-likeness (QED) is 0.614. The van der Waals surface area contributed by atoms with Crippen LogP contribution in [-0.2, 0) is 0 Å². The van der Waals surface area contributed by atoms with Gasteiger partial charge in [0.2, 0.25) is 0 Å². The Labute approximate surface area is 141 Å². The summed E-state index contributed by atoms with van der Waals surface area (Å²) in [7, 11) is 0. The maximum atomic E-state index is 12.4. The van der Waals surface area contributed by atoms with Gasteiger partial charge in [-0.25, -0.2) is 0 Å². The molecule has 4 heteroatoms. The second-order valence-electron chi connectivity index (χ2n) is 5.69. The maximum absolute atomic E-state index is 12.4. The molecule has 0 saturated carbocycles. The first-order valence-electron chi connectivity index (χ1n) is 7.76. The first kappa shape index (κ1) is 15.9. The minimum absolute atomic E-state index is 0.152. The van der Waals surface area contributed by atoms with Gasteiger partial charge in [0.15, 0.2) is 17.3 Å². The van der Waals surface area contributed by atoms with Crippen molar-refractivity contribution in [2.45, 2.75) is 25.2 Å². The molecule has 1 aliphatic heterocycles. The van der Waals surface area contributed by atoms with Gasteiger partial charge in [0.05, 0.1) is 19.0 Å². The molecule has 1 aliphatic rings. The average molecular weight is 328 g/mol. The molecule has 23 heavy (non-hydrogen) atoms. The molecule has 0 saturated heterocycles. The minimum atomic E-state index is 0.152. The van der Waals surface area contributed by atoms with E-state index in [-0.39, 0.29) is 5.78 Å². The summed E-state index contributed by atoms with van der Waals surface area (Å²) in [4.78, 5) is 13.4. The number of hydrogen-bond donors (Lipinski definition) is 0. The van der Waals surface area contributed by atoms with E-state index in [4.69, 9.17) is 9.47 Å². The Hall–Kier alpha value is -1.94. The van der Waals surface area contributed by atoms with E-state index in [1.807, 2.05) is 50.2 Å². The van der Waals surface area contributed by atoms with Crippen molar-refractivity contribution in [3.8, 4) is 11.5 Å². The molecule has 3 rings (SSSR count). The molecule has 120 valence electrons. The minimum Gasteiger partial charge on any atom is -0.490 e. The molecule has 2 aromatic rings. The van der Waals surface area contributed by atoms with Crippen molar-refractivity contribution in [1.29, 1.82) is 0 Å². The molecule has 0 radical (unpaired) electrons. The molecule has 1 heterocycles. The first-order valence-corrected chi connectivity index (χ1v) is 8.75. The van der Waals surface area contributed by atoms with Crippen LogP contribution in [0.4, 0.5) is 0 Å². The number of thioether (sulfide) groups is 1. The van der Waals surface area contributed by atoms with Crippen LogP contribution < -0.4 is 9.47 Å². The molecule has 0 N–H and O–H groups in total. The number of fused-ring (bicyclic) bond motifs is 1. The summed E-state index contributed by atoms with van der Waals surface area (Å²) in [5.41, 5.74) is 3.02. The highest BCUT2D eigenvalue weighted by Gasteiger charge is 2.13. The van der Waals surface area contributed by atoms with Gasteiger partial charge in [-0.3, -0.25) is 4.79 Å². The molecule has 0 aromatic heterocycles. The molecule has 0 fully saturated rings. The third-order valence-electron chi connectivity index (χ3n) is 3.77. The lowest BCUT2D eigenvalue weighted by atomic mass is 10.0. The fourth-order valence-electron chi connectivity index (χ4n) is 2.59. The molecule has 2 aromatic carbocycles. The zero-order valence-electron chi connectivity index (χ0n) is 13.4. The van der Waals surface area contributed by atoms with E-state index in [1.165, 1.54) is 17.3 Å². The summed E-state index contributed by atoms with van der Waals surface area (Å²) >= 11 is 1.53. The average Bonchev–Trinajstić information content (AvgIpc) is 2.77. The van der Waals surface area contributed by atoms with Crippen molar-refractivity contribution in [3.05, 3.63) is 53.1 Å². The van der Waals surface area contributed by atoms with E-state index in [0.717, 1.165) is 33.9 Å². The van der Waals surface area contributed by atoms with Crippen LogP contribution >= 0.6 is 11.8 Å². The molecule has 0 spiro atoms. The van der Waals surface area contributed by atoms with E-state index < -0.39 is 0 Å². The Morgan fingerprint density at radius 1 is 1.04 bits per heavy atom. The lowest BCUT2D eigenvalue weighted by molar-refractivity contribution is 0.102. The SMILES string of the molecule is Cc1ccc(C(=O)CSc2ccc3c(c2)OCCCO3)c(C)c1. The molecule has 0 atom stereocenters. The third-order valence-corrected chi connectivity index (χ3v) is 4.77. The van der Waals surface area contributed by atoms with E-state index in [9.17, 15) is 4.79 Å². The maximum Gasteiger partial charge on any atom is 0.173 e. The number of rotatable bonds is 4. The van der Waals surface area contributed by atoms with E-state index in [0.29, 0.717) is 19.0 Å². The van der Waals surface area contributed by atoms with Gasteiger partial charge in [0.1, 0.15) is 0 Å². The lowest BCUT2D eigenvalue weighted by Gasteiger charge is -2.09. The van der Waals surface area contributed by atoms with Crippen molar-refractivity contribution in [3.63, 3.8) is 0 Å². The Morgan fingerprint density at radius 2 is 1.83 bits per heavy atom. The van der Waals surface area contributed by atoms with E-state index in [1.54, 1.807) is 0 Å². The fraction of sp³-hybridized carbons (Fsp3) is 0.316. The predicted molar refractivity (Wildman–Crippen MR) is 93.0 cm³/mol. The topological polar surface area (TPSA) is 35.5 Å². The summed E-state index contributed by atoms with van der Waals surface area (Å²) in [5, 5.41) is 0. The number of Topliss-reactive ketones (excluding diaryl/α,β-unsaturated/α-hetero) is 1. The van der Waals surface area contributed by atoms with Crippen LogP contribution in [0.5, 0.6) is 11.5 Å². The van der Waals surface area contributed by atoms with Gasteiger partial charge in [0.25, 0.3) is 0 Å². The third kappa shape index (κ3) is 3.88. The number of carbonyl (C=O) groups is 1. The van der Waals surface area contributed by atoms with Gasteiger partial charge >= 0.3 is 0 Å². The van der Waals surface area contributed by atoms with E-state index in [2.05, 4.69) is 0 Å². The van der Waals surface area contributed by atoms with Crippen molar-refractivity contribution in [2.24, 2.45) is 0 Å². The highest BCUT2D eigenvalue weighted by Crippen LogP contribution is 2.34. The summed E-state index contributed by atoms with van der Waals surface area (Å²) in [5.74, 6) is 2.13. The Morgan fingerprint density at radius 3 is 2.61 bits per heavy atom. The zero-order chi connectivity index (χ0) is 16.2. The largest absolute Gasteiger partial charge is 0.490 e. The standard InChI is InChI=1S/C19H20O3S/c1-13-4-6-16(14(2)10-13)17(20)12-23-15-5-7-18-19(11-15)22-9-3-8-21-18/h4-7,10-11H,3,8-9,12H2,1-2H3. The van der Waals surface area contributed by atoms with Gasteiger partial charge < -0.3 is 9.47 Å². The highest BCUT2D eigenvalue weighted by atomic mass is 32.2. The summed E-state index contributed by atoms with van der Waals surface area (Å²) < 4.78 is 11.3. The monoisotopic (exact) mass is 328 g/mol. The lowest BCUT2D eigenvalue weighted by Crippen LogP contribution is -2.05. The predicted octanol–water partition coefficient (Wildman–Crippen LogP) is 4.44. The molecular weight excluding hydrogens is 308 g/mol. The number of benzene rings is 2. The van der Waals surface area contributed by atoms with Crippen LogP contribution in [0.2, 0.25) is 0 Å². The number of hydrogen-bond acceptors (Lipinski definition) is 4. The Kier molecular flexibility index (Phi) is 4.91. The number of aryl methyl sites for hydroxylation is 2. The highest BCUT2D eigenvalue weighted by molar-refractivity contribution is 8.00. The molecule has 0 unspecified atom stereocenters. The smallest absolute Gasteiger partial charge is 0.173 e. The van der Waals surface area contributed by atoms with Crippen LogP contribution in [-0.4, -0.2) is 24.7 Å². The number of ether oxygens (including phenoxy) is 2. The molecule has 0 amide bonds. The normalized spacial score (nSPS) is 13.5. The Balaban J connectivity index is 1.68. The zero-order valence-corrected chi connectivity index (χ0v) is 14.2. The Bertz CT molecular complexity index is 725. The number of carbonyl (C=O) groups excluding carboxylic acids is 1. The molecule has 3 nitrogen and oxygen atoms in total. The van der Waals surface area contributed by atoms with Crippen molar-refractivity contribution >= 4 is 17.5 Å². The van der Waals surface area contributed by atoms with Gasteiger partial charge in [-0.15, -0.1) is 11.8 Å². The van der Waals surface area contributed by atoms with E-state index >= 15 is 0 Å². The van der Waals surface area contributed by atoms with Crippen molar-refractivity contribution in [1.82, 2.24) is 0 Å². The van der Waals surface area contributed by atoms with Crippen LogP contribution in [0.25, 0.3) is 0 Å². The van der Waals surface area contributed by atoms with Crippen molar-refractivity contribution in [2.75, 3.05) is 19.0 Å². The van der Waals surface area contributed by atoms with Crippen LogP contribution in [0.1, 0.15) is 27.9 Å². The van der Waals surface area contributed by atoms with Gasteiger partial charge in [-0.2, -0.15) is 0 Å². The van der Waals surface area contributed by atoms with Crippen LogP contribution in [0.3, 0.4) is 0 Å². The second kappa shape index (κ2) is 7.09.